The van der Waals surface area contributed by atoms with Crippen LogP contribution in [0.2, 0.25) is 0 Å². The first-order valence-corrected chi connectivity index (χ1v) is 8.12. The van der Waals surface area contributed by atoms with E-state index in [0.29, 0.717) is 16.3 Å². The Morgan fingerprint density at radius 1 is 1.32 bits per heavy atom. The average molecular weight is 318 g/mol. The number of hydrogen-bond acceptors (Lipinski definition) is 5. The van der Waals surface area contributed by atoms with E-state index in [1.165, 1.54) is 18.3 Å². The van der Waals surface area contributed by atoms with Crippen molar-refractivity contribution in [2.75, 3.05) is 13.1 Å². The molecule has 0 radical (unpaired) electrons. The molecule has 1 saturated heterocycles. The number of aromatic nitrogens is 3. The van der Waals surface area contributed by atoms with Crippen molar-refractivity contribution in [2.45, 2.75) is 25.7 Å². The van der Waals surface area contributed by atoms with E-state index in [-0.39, 0.29) is 17.6 Å². The third-order valence-electron chi connectivity index (χ3n) is 3.98. The summed E-state index contributed by atoms with van der Waals surface area (Å²) in [5.41, 5.74) is 0. The molecule has 2 aromatic heterocycles. The Kier molecular flexibility index (Phi) is 4.06. The van der Waals surface area contributed by atoms with Crippen molar-refractivity contribution in [3.05, 3.63) is 34.0 Å². The zero-order valence-electron chi connectivity index (χ0n) is 12.7. The van der Waals surface area contributed by atoms with Gasteiger partial charge in [0.25, 0.3) is 5.91 Å². The van der Waals surface area contributed by atoms with Crippen molar-refractivity contribution in [1.29, 1.82) is 0 Å². The van der Waals surface area contributed by atoms with Gasteiger partial charge in [-0.3, -0.25) is 9.59 Å². The molecule has 0 spiro atoms. The fourth-order valence-corrected chi connectivity index (χ4v) is 3.70. The summed E-state index contributed by atoms with van der Waals surface area (Å²) >= 11 is 1.27. The monoisotopic (exact) mass is 318 g/mol. The number of thiophene rings is 1. The Morgan fingerprint density at radius 3 is 2.73 bits per heavy atom. The second-order valence-corrected chi connectivity index (χ2v) is 6.69. The molecule has 0 aliphatic carbocycles. The lowest BCUT2D eigenvalue weighted by atomic mass is 9.97. The minimum absolute atomic E-state index is 0.000319. The molecule has 1 aliphatic heterocycles. The second kappa shape index (κ2) is 6.00. The van der Waals surface area contributed by atoms with Crippen molar-refractivity contribution in [2.24, 2.45) is 7.05 Å². The molecule has 2 aromatic rings. The summed E-state index contributed by atoms with van der Waals surface area (Å²) in [5.74, 6) is 1.15. The molecule has 7 heteroatoms. The normalized spacial score (nSPS) is 18.5. The van der Waals surface area contributed by atoms with Crippen LogP contribution >= 0.6 is 11.3 Å². The number of piperidine rings is 1. The van der Waals surface area contributed by atoms with E-state index < -0.39 is 0 Å². The van der Waals surface area contributed by atoms with Crippen LogP contribution < -0.4 is 0 Å². The van der Waals surface area contributed by atoms with Crippen LogP contribution in [-0.2, 0) is 7.05 Å². The van der Waals surface area contributed by atoms with Crippen LogP contribution in [0.4, 0.5) is 0 Å². The second-order valence-electron chi connectivity index (χ2n) is 5.61. The Labute approximate surface area is 132 Å². The lowest BCUT2D eigenvalue weighted by molar-refractivity contribution is 0.0708. The summed E-state index contributed by atoms with van der Waals surface area (Å²) < 4.78 is 1.91. The van der Waals surface area contributed by atoms with Crippen LogP contribution in [0.5, 0.6) is 0 Å². The van der Waals surface area contributed by atoms with Crippen molar-refractivity contribution in [3.8, 4) is 0 Å². The van der Waals surface area contributed by atoms with Crippen LogP contribution in [0.25, 0.3) is 0 Å². The summed E-state index contributed by atoms with van der Waals surface area (Å²) in [5, 5.41) is 8.09. The lowest BCUT2D eigenvalue weighted by Gasteiger charge is -2.31. The molecule has 1 aliphatic rings. The summed E-state index contributed by atoms with van der Waals surface area (Å²) in [6.45, 7) is 2.92. The smallest absolute Gasteiger partial charge is 0.263 e. The first-order valence-electron chi connectivity index (χ1n) is 7.30. The standard InChI is InChI=1S/C15H18N4O2S/c1-10(20)12-5-6-13(22-12)15(21)19-7-3-4-11(8-19)14-17-16-9-18(14)2/h5-6,9,11H,3-4,7-8H2,1-2H3/t11-/m0/s1. The van der Waals surface area contributed by atoms with Crippen molar-refractivity contribution in [3.63, 3.8) is 0 Å². The minimum Gasteiger partial charge on any atom is -0.337 e. The largest absolute Gasteiger partial charge is 0.337 e. The van der Waals surface area contributed by atoms with Crippen molar-refractivity contribution in [1.82, 2.24) is 19.7 Å². The molecule has 0 saturated carbocycles. The summed E-state index contributed by atoms with van der Waals surface area (Å²) in [7, 11) is 1.93. The van der Waals surface area contributed by atoms with Gasteiger partial charge in [-0.05, 0) is 31.9 Å². The van der Waals surface area contributed by atoms with Crippen molar-refractivity contribution < 1.29 is 9.59 Å². The highest BCUT2D eigenvalue weighted by Crippen LogP contribution is 2.27. The van der Waals surface area contributed by atoms with Gasteiger partial charge < -0.3 is 9.47 Å². The highest BCUT2D eigenvalue weighted by Gasteiger charge is 2.28. The van der Waals surface area contributed by atoms with Crippen LogP contribution in [0, 0.1) is 0 Å². The van der Waals surface area contributed by atoms with Gasteiger partial charge in [0, 0.05) is 26.1 Å². The summed E-state index contributed by atoms with van der Waals surface area (Å²) in [6.07, 6.45) is 3.65. The molecular formula is C15H18N4O2S. The maximum absolute atomic E-state index is 12.6. The fraction of sp³-hybridized carbons (Fsp3) is 0.467. The number of aryl methyl sites for hydroxylation is 1. The molecule has 0 N–H and O–H groups in total. The van der Waals surface area contributed by atoms with Crippen LogP contribution in [0.15, 0.2) is 18.5 Å². The average Bonchev–Trinajstić information content (AvgIpc) is 3.15. The van der Waals surface area contributed by atoms with Gasteiger partial charge in [0.2, 0.25) is 0 Å². The first kappa shape index (κ1) is 14.9. The van der Waals surface area contributed by atoms with E-state index >= 15 is 0 Å². The maximum atomic E-state index is 12.6. The van der Waals surface area contributed by atoms with Gasteiger partial charge in [0.15, 0.2) is 5.78 Å². The molecular weight excluding hydrogens is 300 g/mol. The molecule has 3 heterocycles. The van der Waals surface area contributed by atoms with E-state index in [1.54, 1.807) is 18.5 Å². The zero-order chi connectivity index (χ0) is 15.7. The topological polar surface area (TPSA) is 68.1 Å². The summed E-state index contributed by atoms with van der Waals surface area (Å²) in [6, 6.07) is 3.47. The third-order valence-corrected chi connectivity index (χ3v) is 5.16. The lowest BCUT2D eigenvalue weighted by Crippen LogP contribution is -2.39. The number of hydrogen-bond donors (Lipinski definition) is 0. The number of Topliss-reactive ketones (excluding diaryl/α,β-unsaturated/α-hetero) is 1. The molecule has 1 amide bonds. The number of carbonyl (C=O) groups is 2. The Hall–Kier alpha value is -2.02. The first-order chi connectivity index (χ1) is 10.6. The number of amides is 1. The molecule has 22 heavy (non-hydrogen) atoms. The van der Waals surface area contributed by atoms with Crippen LogP contribution in [-0.4, -0.2) is 44.4 Å². The Morgan fingerprint density at radius 2 is 2.09 bits per heavy atom. The number of carbonyl (C=O) groups excluding carboxylic acids is 2. The third kappa shape index (κ3) is 2.81. The van der Waals surface area contributed by atoms with Gasteiger partial charge in [-0.2, -0.15) is 0 Å². The predicted octanol–water partition coefficient (Wildman–Crippen LogP) is 2.10. The van der Waals surface area contributed by atoms with Crippen LogP contribution in [0.3, 0.4) is 0 Å². The fourth-order valence-electron chi connectivity index (χ4n) is 2.83. The van der Waals surface area contributed by atoms with Crippen LogP contribution in [0.1, 0.15) is 50.9 Å². The quantitative estimate of drug-likeness (QED) is 0.813. The molecule has 0 unspecified atom stereocenters. The number of likely N-dealkylation sites (tertiary alicyclic amines) is 1. The number of ketones is 1. The molecule has 0 aromatic carbocycles. The molecule has 1 fully saturated rings. The van der Waals surface area contributed by atoms with E-state index in [4.69, 9.17) is 0 Å². The van der Waals surface area contributed by atoms with Gasteiger partial charge >= 0.3 is 0 Å². The zero-order valence-corrected chi connectivity index (χ0v) is 13.5. The minimum atomic E-state index is -0.000319. The Bertz CT molecular complexity index is 706. The van der Waals surface area contributed by atoms with E-state index in [1.807, 2.05) is 16.5 Å². The highest BCUT2D eigenvalue weighted by atomic mass is 32.1. The molecule has 6 nitrogen and oxygen atoms in total. The number of nitrogens with zero attached hydrogens (tertiary/aromatic N) is 4. The van der Waals surface area contributed by atoms with E-state index in [9.17, 15) is 9.59 Å². The SMILES string of the molecule is CC(=O)c1ccc(C(=O)N2CCC[C@H](c3nncn3C)C2)s1. The van der Waals surface area contributed by atoms with E-state index in [2.05, 4.69) is 10.2 Å². The number of rotatable bonds is 3. The van der Waals surface area contributed by atoms with Crippen molar-refractivity contribution >= 4 is 23.0 Å². The Balaban J connectivity index is 1.75. The molecule has 0 bridgehead atoms. The molecule has 116 valence electrons. The van der Waals surface area contributed by atoms with Gasteiger partial charge in [-0.25, -0.2) is 0 Å². The summed E-state index contributed by atoms with van der Waals surface area (Å²) in [4.78, 5) is 27.1. The molecule has 1 atom stereocenters. The highest BCUT2D eigenvalue weighted by molar-refractivity contribution is 7.15. The van der Waals surface area contributed by atoms with Gasteiger partial charge in [-0.1, -0.05) is 0 Å². The predicted molar refractivity (Wildman–Crippen MR) is 83.2 cm³/mol. The van der Waals surface area contributed by atoms with Gasteiger partial charge in [0.1, 0.15) is 12.2 Å². The maximum Gasteiger partial charge on any atom is 0.263 e. The van der Waals surface area contributed by atoms with E-state index in [0.717, 1.165) is 25.2 Å². The van der Waals surface area contributed by atoms with Gasteiger partial charge in [-0.15, -0.1) is 21.5 Å². The van der Waals surface area contributed by atoms with Gasteiger partial charge in [0.05, 0.1) is 9.75 Å². The molecule has 3 rings (SSSR count).